The van der Waals surface area contributed by atoms with Gasteiger partial charge in [0.05, 0.1) is 19.3 Å². The van der Waals surface area contributed by atoms with Gasteiger partial charge < -0.3 is 30.7 Å². The number of nitrogens with zero attached hydrogens (tertiary/aromatic N) is 2. The number of amidine groups is 1. The minimum absolute atomic E-state index is 0.0384. The Balaban J connectivity index is 1.72. The lowest BCUT2D eigenvalue weighted by Gasteiger charge is -2.36. The molecule has 204 valence electrons. The van der Waals surface area contributed by atoms with Gasteiger partial charge in [-0.05, 0) is 44.4 Å². The lowest BCUT2D eigenvalue weighted by atomic mass is 10.00. The molecule has 0 aromatic heterocycles. The van der Waals surface area contributed by atoms with Gasteiger partial charge in [0, 0.05) is 48.7 Å². The summed E-state index contributed by atoms with van der Waals surface area (Å²) in [5.41, 5.74) is 5.50. The molecule has 0 aliphatic carbocycles. The van der Waals surface area contributed by atoms with Crippen LogP contribution in [0.4, 0.5) is 23.2 Å². The number of carbonyl (C=O) groups excluding carboxylic acids is 1. The van der Waals surface area contributed by atoms with Crippen molar-refractivity contribution in [1.82, 2.24) is 10.2 Å². The quantitative estimate of drug-likeness (QED) is 0.165. The summed E-state index contributed by atoms with van der Waals surface area (Å²) in [5.74, 6) is -0.419. The zero-order valence-electron chi connectivity index (χ0n) is 20.9. The van der Waals surface area contributed by atoms with Crippen LogP contribution in [0.15, 0.2) is 52.8 Å². The van der Waals surface area contributed by atoms with Crippen LogP contribution in [0.3, 0.4) is 0 Å². The third-order valence-corrected chi connectivity index (χ3v) is 6.45. The van der Waals surface area contributed by atoms with Crippen LogP contribution < -0.4 is 16.4 Å². The lowest BCUT2D eigenvalue weighted by Crippen LogP contribution is -2.52. The molecule has 8 nitrogen and oxygen atoms in total. The Hall–Kier alpha value is -3.12. The second kappa shape index (κ2) is 12.4. The number of likely N-dealkylation sites (tertiary alicyclic amines) is 1. The first kappa shape index (κ1) is 28.5. The Morgan fingerprint density at radius 2 is 1.97 bits per heavy atom. The maximum atomic E-state index is 14.1. The van der Waals surface area contributed by atoms with Gasteiger partial charge in [0.2, 0.25) is 0 Å². The molecule has 0 saturated carbocycles. The number of amides is 1. The molecular weight excluding hydrogens is 494 g/mol. The standard InChI is InChI=1S/C25H33F4N5O3/c1-15(16(2)31-19-6-4-5-17(13-19)25(27,28)29)22(33-24(30)36-3)23(35)34-10-7-18(8-11-34)32-21-9-12-37-14-20(21)26/h4-6,13,18,20-21,31-32H,2,7-12,14H2,1,3H3,(H2,30,33)/b22-15-. The molecule has 1 amide bonds. The smallest absolute Gasteiger partial charge is 0.416 e. The van der Waals surface area contributed by atoms with E-state index in [1.807, 2.05) is 0 Å². The topological polar surface area (TPSA) is 101 Å². The van der Waals surface area contributed by atoms with Crippen LogP contribution in [0.5, 0.6) is 0 Å². The van der Waals surface area contributed by atoms with E-state index in [2.05, 4.69) is 22.2 Å². The molecule has 0 radical (unpaired) electrons. The molecule has 2 fully saturated rings. The van der Waals surface area contributed by atoms with E-state index in [9.17, 15) is 22.4 Å². The van der Waals surface area contributed by atoms with Gasteiger partial charge in [-0.15, -0.1) is 0 Å². The van der Waals surface area contributed by atoms with Crippen LogP contribution in [-0.4, -0.2) is 68.5 Å². The number of allylic oxidation sites excluding steroid dienone is 1. The molecule has 2 atom stereocenters. The molecule has 0 bridgehead atoms. The molecule has 12 heteroatoms. The zero-order valence-corrected chi connectivity index (χ0v) is 20.9. The fourth-order valence-corrected chi connectivity index (χ4v) is 4.22. The molecule has 2 heterocycles. The number of piperidine rings is 1. The molecular formula is C25H33F4N5O3. The van der Waals surface area contributed by atoms with Gasteiger partial charge in [-0.1, -0.05) is 12.6 Å². The number of carbonyl (C=O) groups is 1. The SMILES string of the molecule is C=C(Nc1cccc(C(F)(F)F)c1)/C(C)=C(\N=C(/N)OC)C(=O)N1CCC(NC2CCOCC2F)CC1. The van der Waals surface area contributed by atoms with Gasteiger partial charge in [0.1, 0.15) is 11.9 Å². The highest BCUT2D eigenvalue weighted by molar-refractivity contribution is 5.97. The highest BCUT2D eigenvalue weighted by atomic mass is 19.4. The number of aliphatic imine (C=N–C) groups is 1. The van der Waals surface area contributed by atoms with Crippen LogP contribution in [0.2, 0.25) is 0 Å². The summed E-state index contributed by atoms with van der Waals surface area (Å²) in [5, 5.41) is 6.15. The Morgan fingerprint density at radius 3 is 2.59 bits per heavy atom. The molecule has 0 spiro atoms. The van der Waals surface area contributed by atoms with E-state index in [0.717, 1.165) is 12.1 Å². The molecule has 4 N–H and O–H groups in total. The molecule has 3 rings (SSSR count). The summed E-state index contributed by atoms with van der Waals surface area (Å²) in [7, 11) is 1.30. The normalized spacial score (nSPS) is 22.3. The summed E-state index contributed by atoms with van der Waals surface area (Å²) >= 11 is 0. The maximum absolute atomic E-state index is 14.1. The van der Waals surface area contributed by atoms with Crippen molar-refractivity contribution in [3.05, 3.63) is 53.4 Å². The van der Waals surface area contributed by atoms with Crippen molar-refractivity contribution in [1.29, 1.82) is 0 Å². The number of anilines is 1. The number of methoxy groups -OCH3 is 1. The predicted molar refractivity (Wildman–Crippen MR) is 132 cm³/mol. The average Bonchev–Trinajstić information content (AvgIpc) is 2.87. The van der Waals surface area contributed by atoms with E-state index in [1.165, 1.54) is 19.2 Å². The van der Waals surface area contributed by atoms with Crippen LogP contribution in [0.1, 0.15) is 31.7 Å². The lowest BCUT2D eigenvalue weighted by molar-refractivity contribution is -0.137. The molecule has 2 aliphatic rings. The first-order valence-electron chi connectivity index (χ1n) is 12.0. The number of nitrogens with one attached hydrogen (secondary N) is 2. The van der Waals surface area contributed by atoms with E-state index in [-0.39, 0.29) is 41.8 Å². The summed E-state index contributed by atoms with van der Waals surface area (Å²) in [4.78, 5) is 19.1. The van der Waals surface area contributed by atoms with Crippen LogP contribution >= 0.6 is 0 Å². The summed E-state index contributed by atoms with van der Waals surface area (Å²) < 4.78 is 63.4. The van der Waals surface area contributed by atoms with Crippen molar-refractivity contribution in [2.45, 2.75) is 50.6 Å². The number of halogens is 4. The molecule has 1 aromatic carbocycles. The maximum Gasteiger partial charge on any atom is 0.416 e. The van der Waals surface area contributed by atoms with Gasteiger partial charge >= 0.3 is 6.18 Å². The summed E-state index contributed by atoms with van der Waals surface area (Å²) in [6.07, 6.45) is -3.73. The first-order valence-corrected chi connectivity index (χ1v) is 12.0. The van der Waals surface area contributed by atoms with E-state index < -0.39 is 23.8 Å². The number of benzene rings is 1. The second-order valence-electron chi connectivity index (χ2n) is 9.03. The molecule has 37 heavy (non-hydrogen) atoms. The van der Waals surface area contributed by atoms with E-state index in [0.29, 0.717) is 44.5 Å². The van der Waals surface area contributed by atoms with Crippen LogP contribution in [-0.2, 0) is 20.4 Å². The minimum atomic E-state index is -4.50. The minimum Gasteiger partial charge on any atom is -0.469 e. The number of ether oxygens (including phenoxy) is 2. The fraction of sp³-hybridized carbons (Fsp3) is 0.520. The van der Waals surface area contributed by atoms with Gasteiger partial charge in [-0.2, -0.15) is 18.2 Å². The third-order valence-electron chi connectivity index (χ3n) is 6.45. The number of nitrogens with two attached hydrogens (primary N) is 1. The predicted octanol–water partition coefficient (Wildman–Crippen LogP) is 3.57. The van der Waals surface area contributed by atoms with Crippen molar-refractivity contribution in [3.8, 4) is 0 Å². The number of hydrogen-bond donors (Lipinski definition) is 3. The number of rotatable bonds is 7. The van der Waals surface area contributed by atoms with Gasteiger partial charge in [-0.3, -0.25) is 4.79 Å². The average molecular weight is 528 g/mol. The Labute approximate surface area is 213 Å². The molecule has 2 saturated heterocycles. The monoisotopic (exact) mass is 527 g/mol. The van der Waals surface area contributed by atoms with Gasteiger partial charge in [-0.25, -0.2) is 4.39 Å². The number of alkyl halides is 4. The molecule has 2 unspecified atom stereocenters. The van der Waals surface area contributed by atoms with Crippen molar-refractivity contribution >= 4 is 17.6 Å². The van der Waals surface area contributed by atoms with Crippen molar-refractivity contribution in [2.75, 3.05) is 38.7 Å². The molecule has 1 aromatic rings. The Bertz CT molecular complexity index is 1040. The highest BCUT2D eigenvalue weighted by Crippen LogP contribution is 2.31. The zero-order chi connectivity index (χ0) is 27.2. The van der Waals surface area contributed by atoms with Crippen molar-refractivity contribution in [2.24, 2.45) is 10.7 Å². The number of hydrogen-bond acceptors (Lipinski definition) is 6. The third kappa shape index (κ3) is 7.68. The second-order valence-corrected chi connectivity index (χ2v) is 9.03. The van der Waals surface area contributed by atoms with E-state index >= 15 is 0 Å². The van der Waals surface area contributed by atoms with Crippen LogP contribution in [0.25, 0.3) is 0 Å². The fourth-order valence-electron chi connectivity index (χ4n) is 4.22. The van der Waals surface area contributed by atoms with Crippen molar-refractivity contribution < 1.29 is 31.8 Å². The van der Waals surface area contributed by atoms with Gasteiger partial charge in [0.15, 0.2) is 0 Å². The van der Waals surface area contributed by atoms with Gasteiger partial charge in [0.25, 0.3) is 11.9 Å². The van der Waals surface area contributed by atoms with Crippen LogP contribution in [0, 0.1) is 0 Å². The highest BCUT2D eigenvalue weighted by Gasteiger charge is 2.32. The Morgan fingerprint density at radius 1 is 1.27 bits per heavy atom. The van der Waals surface area contributed by atoms with E-state index in [1.54, 1.807) is 11.8 Å². The Kier molecular flexibility index (Phi) is 9.55. The molecule has 2 aliphatic heterocycles. The van der Waals surface area contributed by atoms with E-state index in [4.69, 9.17) is 15.2 Å². The summed E-state index contributed by atoms with van der Waals surface area (Å²) in [6.45, 7) is 6.86. The summed E-state index contributed by atoms with van der Waals surface area (Å²) in [6, 6.07) is 4.18. The van der Waals surface area contributed by atoms with Crippen molar-refractivity contribution in [3.63, 3.8) is 0 Å². The largest absolute Gasteiger partial charge is 0.469 e. The first-order chi connectivity index (χ1) is 17.5.